The predicted molar refractivity (Wildman–Crippen MR) is 74.9 cm³/mol. The summed E-state index contributed by atoms with van der Waals surface area (Å²) in [6.45, 7) is -0.213. The number of esters is 1. The van der Waals surface area contributed by atoms with Gasteiger partial charge in [0.1, 0.15) is 5.75 Å². The molecule has 0 aliphatic heterocycles. The van der Waals surface area contributed by atoms with E-state index in [1.165, 1.54) is 13.5 Å². The Labute approximate surface area is 119 Å². The molecule has 0 unspecified atom stereocenters. The average molecular weight is 276 g/mol. The van der Waals surface area contributed by atoms with Crippen molar-refractivity contribution in [1.82, 2.24) is 0 Å². The molecule has 4 heteroatoms. The van der Waals surface area contributed by atoms with Gasteiger partial charge in [0.05, 0.1) is 18.6 Å². The van der Waals surface area contributed by atoms with E-state index in [9.17, 15) is 9.59 Å². The van der Waals surface area contributed by atoms with E-state index in [0.29, 0.717) is 11.3 Å². The first-order chi connectivity index (χ1) is 9.72. The highest BCUT2D eigenvalue weighted by molar-refractivity contribution is 6.00. The topological polar surface area (TPSA) is 52.6 Å². The monoisotopic (exact) mass is 276 g/mol. The van der Waals surface area contributed by atoms with Crippen LogP contribution in [-0.2, 0) is 9.53 Å². The number of ether oxygens (including phenoxy) is 2. The average Bonchev–Trinajstić information content (AvgIpc) is 2.53. The Morgan fingerprint density at radius 3 is 2.55 bits per heavy atom. The van der Waals surface area contributed by atoms with Gasteiger partial charge in [-0.2, -0.15) is 0 Å². The van der Waals surface area contributed by atoms with Crippen molar-refractivity contribution in [2.75, 3.05) is 13.7 Å². The van der Waals surface area contributed by atoms with Crippen molar-refractivity contribution in [2.24, 2.45) is 5.92 Å². The van der Waals surface area contributed by atoms with Crippen LogP contribution in [0.3, 0.4) is 0 Å². The fraction of sp³-hybridized carbons (Fsp3) is 0.500. The number of Topliss-reactive ketones (excluding diaryl/α,β-unsaturated/α-hetero) is 1. The van der Waals surface area contributed by atoms with Crippen LogP contribution in [-0.4, -0.2) is 25.5 Å². The number of methoxy groups -OCH3 is 1. The molecule has 1 aromatic rings. The Bertz CT molecular complexity index is 475. The molecule has 0 aromatic heterocycles. The number of carbonyl (C=O) groups is 2. The van der Waals surface area contributed by atoms with Crippen LogP contribution in [0.5, 0.6) is 5.75 Å². The first-order valence-corrected chi connectivity index (χ1v) is 7.05. The lowest BCUT2D eigenvalue weighted by molar-refractivity contribution is -0.148. The quantitative estimate of drug-likeness (QED) is 0.613. The summed E-state index contributed by atoms with van der Waals surface area (Å²) in [4.78, 5) is 23.9. The second kappa shape index (κ2) is 7.08. The van der Waals surface area contributed by atoms with Crippen LogP contribution >= 0.6 is 0 Å². The number of ketones is 1. The summed E-state index contributed by atoms with van der Waals surface area (Å²) in [6, 6.07) is 6.95. The smallest absolute Gasteiger partial charge is 0.309 e. The van der Waals surface area contributed by atoms with Gasteiger partial charge in [-0.15, -0.1) is 0 Å². The van der Waals surface area contributed by atoms with Gasteiger partial charge in [0.2, 0.25) is 5.78 Å². The van der Waals surface area contributed by atoms with E-state index in [2.05, 4.69) is 0 Å². The van der Waals surface area contributed by atoms with Gasteiger partial charge in [-0.05, 0) is 25.0 Å². The van der Waals surface area contributed by atoms with Crippen LogP contribution < -0.4 is 4.74 Å². The third kappa shape index (κ3) is 3.59. The summed E-state index contributed by atoms with van der Waals surface area (Å²) >= 11 is 0. The third-order valence-corrected chi connectivity index (χ3v) is 3.69. The van der Waals surface area contributed by atoms with E-state index in [0.717, 1.165) is 25.7 Å². The van der Waals surface area contributed by atoms with Gasteiger partial charge in [0, 0.05) is 0 Å². The van der Waals surface area contributed by atoms with Crippen molar-refractivity contribution in [1.29, 1.82) is 0 Å². The molecular formula is C16H20O4. The van der Waals surface area contributed by atoms with Crippen molar-refractivity contribution in [3.63, 3.8) is 0 Å². The Balaban J connectivity index is 1.89. The van der Waals surface area contributed by atoms with Gasteiger partial charge in [0.25, 0.3) is 0 Å². The van der Waals surface area contributed by atoms with E-state index in [1.54, 1.807) is 24.3 Å². The molecule has 4 nitrogen and oxygen atoms in total. The van der Waals surface area contributed by atoms with Gasteiger partial charge < -0.3 is 9.47 Å². The molecule has 108 valence electrons. The molecule has 2 rings (SSSR count). The molecule has 0 saturated heterocycles. The molecule has 0 amide bonds. The van der Waals surface area contributed by atoms with E-state index in [1.807, 2.05) is 0 Å². The minimum absolute atomic E-state index is 0.0331. The fourth-order valence-electron chi connectivity index (χ4n) is 2.55. The summed E-state index contributed by atoms with van der Waals surface area (Å²) in [6.07, 6.45) is 5.08. The zero-order chi connectivity index (χ0) is 14.4. The molecule has 0 spiro atoms. The number of rotatable bonds is 5. The maximum Gasteiger partial charge on any atom is 0.309 e. The molecule has 1 aromatic carbocycles. The predicted octanol–water partition coefficient (Wildman–Crippen LogP) is 3.00. The number of hydrogen-bond donors (Lipinski definition) is 0. The minimum atomic E-state index is -0.243. The van der Waals surface area contributed by atoms with Gasteiger partial charge >= 0.3 is 5.97 Å². The largest absolute Gasteiger partial charge is 0.496 e. The van der Waals surface area contributed by atoms with Crippen molar-refractivity contribution >= 4 is 11.8 Å². The van der Waals surface area contributed by atoms with Crippen LogP contribution in [0, 0.1) is 5.92 Å². The summed E-state index contributed by atoms with van der Waals surface area (Å²) in [5.41, 5.74) is 0.450. The number of carbonyl (C=O) groups excluding carboxylic acids is 2. The highest BCUT2D eigenvalue weighted by atomic mass is 16.5. The molecular weight excluding hydrogens is 256 g/mol. The Kier molecular flexibility index (Phi) is 5.16. The molecule has 0 radical (unpaired) electrons. The van der Waals surface area contributed by atoms with Crippen molar-refractivity contribution in [3.05, 3.63) is 29.8 Å². The summed E-state index contributed by atoms with van der Waals surface area (Å²) in [5.74, 6) is -0.00000772. The maximum atomic E-state index is 12.1. The minimum Gasteiger partial charge on any atom is -0.496 e. The summed E-state index contributed by atoms with van der Waals surface area (Å²) in [7, 11) is 1.51. The standard InChI is InChI=1S/C16H20O4/c1-19-15-10-6-5-9-13(15)14(17)11-20-16(18)12-7-3-2-4-8-12/h5-6,9-10,12H,2-4,7-8,11H2,1H3. The van der Waals surface area contributed by atoms with E-state index in [4.69, 9.17) is 9.47 Å². The van der Waals surface area contributed by atoms with Crippen LogP contribution in [0.25, 0.3) is 0 Å². The maximum absolute atomic E-state index is 12.1. The van der Waals surface area contributed by atoms with E-state index < -0.39 is 0 Å². The number of benzene rings is 1. The van der Waals surface area contributed by atoms with Crippen molar-refractivity contribution in [2.45, 2.75) is 32.1 Å². The van der Waals surface area contributed by atoms with Gasteiger partial charge in [-0.3, -0.25) is 9.59 Å². The Morgan fingerprint density at radius 2 is 1.85 bits per heavy atom. The highest BCUT2D eigenvalue weighted by Crippen LogP contribution is 2.25. The molecule has 0 N–H and O–H groups in total. The molecule has 0 atom stereocenters. The third-order valence-electron chi connectivity index (χ3n) is 3.69. The van der Waals surface area contributed by atoms with Gasteiger partial charge in [-0.25, -0.2) is 0 Å². The van der Waals surface area contributed by atoms with E-state index in [-0.39, 0.29) is 24.3 Å². The number of hydrogen-bond acceptors (Lipinski definition) is 4. The molecule has 20 heavy (non-hydrogen) atoms. The zero-order valence-corrected chi connectivity index (χ0v) is 11.8. The summed E-state index contributed by atoms with van der Waals surface area (Å²) < 4.78 is 10.3. The second-order valence-corrected chi connectivity index (χ2v) is 5.07. The molecule has 0 bridgehead atoms. The van der Waals surface area contributed by atoms with E-state index >= 15 is 0 Å². The van der Waals surface area contributed by atoms with Crippen molar-refractivity contribution < 1.29 is 19.1 Å². The normalized spacial score (nSPS) is 15.7. The first-order valence-electron chi connectivity index (χ1n) is 7.05. The number of para-hydroxylation sites is 1. The first kappa shape index (κ1) is 14.6. The van der Waals surface area contributed by atoms with Crippen LogP contribution in [0.15, 0.2) is 24.3 Å². The highest BCUT2D eigenvalue weighted by Gasteiger charge is 2.23. The Morgan fingerprint density at radius 1 is 1.15 bits per heavy atom. The molecule has 0 heterocycles. The van der Waals surface area contributed by atoms with Crippen LogP contribution in [0.2, 0.25) is 0 Å². The van der Waals surface area contributed by atoms with Crippen LogP contribution in [0.4, 0.5) is 0 Å². The Hall–Kier alpha value is -1.84. The zero-order valence-electron chi connectivity index (χ0n) is 11.8. The van der Waals surface area contributed by atoms with Crippen LogP contribution in [0.1, 0.15) is 42.5 Å². The summed E-state index contributed by atoms with van der Waals surface area (Å²) in [5, 5.41) is 0. The SMILES string of the molecule is COc1ccccc1C(=O)COC(=O)C1CCCCC1. The molecule has 1 fully saturated rings. The molecule has 1 saturated carbocycles. The lowest BCUT2D eigenvalue weighted by atomic mass is 9.89. The lowest BCUT2D eigenvalue weighted by Crippen LogP contribution is -2.23. The molecule has 1 aliphatic carbocycles. The second-order valence-electron chi connectivity index (χ2n) is 5.07. The van der Waals surface area contributed by atoms with Gasteiger partial charge in [0.15, 0.2) is 6.61 Å². The molecule has 1 aliphatic rings. The fourth-order valence-corrected chi connectivity index (χ4v) is 2.55. The van der Waals surface area contributed by atoms with Crippen molar-refractivity contribution in [3.8, 4) is 5.75 Å². The lowest BCUT2D eigenvalue weighted by Gasteiger charge is -2.19. The van der Waals surface area contributed by atoms with Gasteiger partial charge in [-0.1, -0.05) is 31.4 Å².